The van der Waals surface area contributed by atoms with Gasteiger partial charge in [-0.15, -0.1) is 0 Å². The highest BCUT2D eigenvalue weighted by Gasteiger charge is 2.40. The third-order valence-corrected chi connectivity index (χ3v) is 4.10. The maximum absolute atomic E-state index is 11.8. The summed E-state index contributed by atoms with van der Waals surface area (Å²) in [6.07, 6.45) is 7.35. The van der Waals surface area contributed by atoms with E-state index in [0.29, 0.717) is 25.3 Å². The van der Waals surface area contributed by atoms with Gasteiger partial charge in [-0.3, -0.25) is 9.59 Å². The van der Waals surface area contributed by atoms with Crippen LogP contribution in [-0.4, -0.2) is 18.4 Å². The average molecular weight is 264 g/mol. The number of rotatable bonds is 4. The molecule has 0 radical (unpaired) electrons. The van der Waals surface area contributed by atoms with Crippen LogP contribution in [0.2, 0.25) is 0 Å². The molecule has 0 aromatic carbocycles. The van der Waals surface area contributed by atoms with Crippen LogP contribution in [0.15, 0.2) is 11.8 Å². The van der Waals surface area contributed by atoms with E-state index in [1.165, 1.54) is 0 Å². The van der Waals surface area contributed by atoms with Crippen molar-refractivity contribution in [2.24, 2.45) is 11.3 Å². The zero-order chi connectivity index (χ0) is 13.9. The number of nitrogens with one attached hydrogen (secondary N) is 2. The highest BCUT2D eigenvalue weighted by Crippen LogP contribution is 2.42. The van der Waals surface area contributed by atoms with Gasteiger partial charge in [0, 0.05) is 30.5 Å². The van der Waals surface area contributed by atoms with Crippen LogP contribution in [0.1, 0.15) is 52.4 Å². The van der Waals surface area contributed by atoms with E-state index in [1.54, 1.807) is 0 Å². The first kappa shape index (κ1) is 14.1. The van der Waals surface area contributed by atoms with Crippen molar-refractivity contribution in [1.29, 1.82) is 0 Å². The van der Waals surface area contributed by atoms with E-state index in [1.807, 2.05) is 13.8 Å². The number of allylic oxidation sites excluding steroid dienone is 1. The first-order chi connectivity index (χ1) is 9.02. The van der Waals surface area contributed by atoms with Gasteiger partial charge < -0.3 is 10.6 Å². The van der Waals surface area contributed by atoms with Gasteiger partial charge in [0.25, 0.3) is 0 Å². The Morgan fingerprint density at radius 2 is 2.26 bits per heavy atom. The molecule has 1 aliphatic carbocycles. The second kappa shape index (κ2) is 5.76. The number of hydrogen-bond acceptors (Lipinski definition) is 2. The molecule has 2 amide bonds. The fraction of sp³-hybridized carbons (Fsp3) is 0.733. The molecule has 4 heteroatoms. The van der Waals surface area contributed by atoms with Gasteiger partial charge in [0.2, 0.25) is 11.8 Å². The Kier molecular flexibility index (Phi) is 4.27. The molecule has 1 aliphatic heterocycles. The van der Waals surface area contributed by atoms with E-state index >= 15 is 0 Å². The molecule has 1 fully saturated rings. The molecule has 0 bridgehead atoms. The molecular weight excluding hydrogens is 240 g/mol. The molecule has 19 heavy (non-hydrogen) atoms. The molecule has 106 valence electrons. The summed E-state index contributed by atoms with van der Waals surface area (Å²) in [5.41, 5.74) is 1.01. The number of amides is 2. The van der Waals surface area contributed by atoms with Crippen LogP contribution in [-0.2, 0) is 9.59 Å². The van der Waals surface area contributed by atoms with Gasteiger partial charge >= 0.3 is 0 Å². The lowest BCUT2D eigenvalue weighted by Gasteiger charge is -2.42. The van der Waals surface area contributed by atoms with Crippen molar-refractivity contribution in [3.05, 3.63) is 11.8 Å². The molecule has 4 nitrogen and oxygen atoms in total. The first-order valence-corrected chi connectivity index (χ1v) is 7.29. The molecule has 0 aromatic rings. The van der Waals surface area contributed by atoms with Crippen molar-refractivity contribution in [1.82, 2.24) is 10.6 Å². The van der Waals surface area contributed by atoms with Crippen LogP contribution >= 0.6 is 0 Å². The van der Waals surface area contributed by atoms with E-state index in [9.17, 15) is 9.59 Å². The summed E-state index contributed by atoms with van der Waals surface area (Å²) < 4.78 is 0. The van der Waals surface area contributed by atoms with Gasteiger partial charge in [0.15, 0.2) is 0 Å². The first-order valence-electron chi connectivity index (χ1n) is 7.29. The Balaban J connectivity index is 1.99. The summed E-state index contributed by atoms with van der Waals surface area (Å²) in [6.45, 7) is 4.75. The van der Waals surface area contributed by atoms with Crippen molar-refractivity contribution in [3.8, 4) is 0 Å². The Labute approximate surface area is 115 Å². The van der Waals surface area contributed by atoms with E-state index in [4.69, 9.17) is 0 Å². The Bertz CT molecular complexity index is 401. The molecule has 2 N–H and O–H groups in total. The second-order valence-electron chi connectivity index (χ2n) is 6.21. The molecule has 1 unspecified atom stereocenters. The summed E-state index contributed by atoms with van der Waals surface area (Å²) in [6, 6.07) is 0. The molecule has 1 saturated heterocycles. The summed E-state index contributed by atoms with van der Waals surface area (Å²) >= 11 is 0. The number of fused-ring (bicyclic) bond motifs is 1. The minimum atomic E-state index is -0.0290. The molecule has 2 aliphatic rings. The topological polar surface area (TPSA) is 58.2 Å². The number of carbonyl (C=O) groups excluding carboxylic acids is 2. The third-order valence-electron chi connectivity index (χ3n) is 4.10. The fourth-order valence-corrected chi connectivity index (χ4v) is 3.03. The zero-order valence-corrected chi connectivity index (χ0v) is 11.9. The minimum absolute atomic E-state index is 0.0290. The predicted molar refractivity (Wildman–Crippen MR) is 74.2 cm³/mol. The zero-order valence-electron chi connectivity index (χ0n) is 11.9. The summed E-state index contributed by atoms with van der Waals surface area (Å²) in [5.74, 6) is 0.605. The predicted octanol–water partition coefficient (Wildman–Crippen LogP) is 2.11. The summed E-state index contributed by atoms with van der Waals surface area (Å²) in [7, 11) is 0. The monoisotopic (exact) mass is 264 g/mol. The van der Waals surface area contributed by atoms with Crippen molar-refractivity contribution in [2.75, 3.05) is 6.54 Å². The molecule has 0 aromatic heterocycles. The van der Waals surface area contributed by atoms with E-state index < -0.39 is 0 Å². The molecule has 1 atom stereocenters. The van der Waals surface area contributed by atoms with Crippen molar-refractivity contribution in [2.45, 2.75) is 52.4 Å². The maximum Gasteiger partial charge on any atom is 0.224 e. The van der Waals surface area contributed by atoms with Gasteiger partial charge in [-0.2, -0.15) is 0 Å². The van der Waals surface area contributed by atoms with Crippen molar-refractivity contribution >= 4 is 11.8 Å². The molecule has 0 spiro atoms. The smallest absolute Gasteiger partial charge is 0.224 e. The molecule has 1 heterocycles. The fourth-order valence-electron chi connectivity index (χ4n) is 3.03. The van der Waals surface area contributed by atoms with Crippen molar-refractivity contribution < 1.29 is 9.59 Å². The van der Waals surface area contributed by atoms with Crippen LogP contribution in [0.4, 0.5) is 0 Å². The van der Waals surface area contributed by atoms with Gasteiger partial charge in [-0.1, -0.05) is 19.9 Å². The quantitative estimate of drug-likeness (QED) is 0.817. The van der Waals surface area contributed by atoms with Crippen LogP contribution < -0.4 is 10.6 Å². The van der Waals surface area contributed by atoms with E-state index in [-0.39, 0.29) is 17.2 Å². The van der Waals surface area contributed by atoms with Gasteiger partial charge in [0.1, 0.15) is 0 Å². The highest BCUT2D eigenvalue weighted by atomic mass is 16.2. The largest absolute Gasteiger partial charge is 0.355 e. The molecule has 0 saturated carbocycles. The highest BCUT2D eigenvalue weighted by molar-refractivity contribution is 5.80. The summed E-state index contributed by atoms with van der Waals surface area (Å²) in [4.78, 5) is 23.3. The number of piperidine rings is 1. The Morgan fingerprint density at radius 1 is 1.47 bits per heavy atom. The van der Waals surface area contributed by atoms with Gasteiger partial charge in [-0.25, -0.2) is 0 Å². The Hall–Kier alpha value is -1.32. The van der Waals surface area contributed by atoms with Crippen LogP contribution in [0.5, 0.6) is 0 Å². The lowest BCUT2D eigenvalue weighted by molar-refractivity contribution is -0.123. The molecular formula is C15H24N2O2. The van der Waals surface area contributed by atoms with Gasteiger partial charge in [0.05, 0.1) is 0 Å². The van der Waals surface area contributed by atoms with E-state index in [2.05, 4.69) is 16.7 Å². The van der Waals surface area contributed by atoms with Crippen LogP contribution in [0.3, 0.4) is 0 Å². The average Bonchev–Trinajstić information content (AvgIpc) is 2.36. The standard InChI is InChI=1S/C15H24N2O2/c1-11(2)9-14(19)16-10-15-7-4-3-5-12(15)17-13(18)6-8-15/h5,11H,3-4,6-10H2,1-2H3,(H,16,19)(H,17,18). The minimum Gasteiger partial charge on any atom is -0.355 e. The summed E-state index contributed by atoms with van der Waals surface area (Å²) in [5, 5.41) is 6.05. The lowest BCUT2D eigenvalue weighted by Crippen LogP contribution is -2.48. The third kappa shape index (κ3) is 3.37. The van der Waals surface area contributed by atoms with Gasteiger partial charge in [-0.05, 0) is 31.6 Å². The normalized spacial score (nSPS) is 26.5. The lowest BCUT2D eigenvalue weighted by atomic mass is 9.70. The van der Waals surface area contributed by atoms with E-state index in [0.717, 1.165) is 31.4 Å². The van der Waals surface area contributed by atoms with Crippen LogP contribution in [0.25, 0.3) is 0 Å². The Morgan fingerprint density at radius 3 is 3.00 bits per heavy atom. The second-order valence-corrected chi connectivity index (χ2v) is 6.21. The SMILES string of the molecule is CC(C)CC(=O)NCC12CCCC=C1NC(=O)CC2. The molecule has 2 rings (SSSR count). The maximum atomic E-state index is 11.8. The van der Waals surface area contributed by atoms with Crippen molar-refractivity contribution in [3.63, 3.8) is 0 Å². The van der Waals surface area contributed by atoms with Crippen LogP contribution in [0, 0.1) is 11.3 Å². The number of carbonyl (C=O) groups is 2. The number of hydrogen-bond donors (Lipinski definition) is 2.